The van der Waals surface area contributed by atoms with Gasteiger partial charge in [0.15, 0.2) is 17.1 Å². The van der Waals surface area contributed by atoms with Crippen LogP contribution in [0.3, 0.4) is 0 Å². The zero-order chi connectivity index (χ0) is 22.7. The van der Waals surface area contributed by atoms with Crippen LogP contribution in [0, 0.1) is 20.8 Å². The molecule has 0 N–H and O–H groups in total. The molecule has 0 saturated carbocycles. The smallest absolute Gasteiger partial charge is 0.266 e. The average Bonchev–Trinajstić information content (AvgIpc) is 3.34. The third-order valence-electron chi connectivity index (χ3n) is 5.83. The lowest BCUT2D eigenvalue weighted by Crippen LogP contribution is -1.99. The zero-order valence-corrected chi connectivity index (χ0v) is 18.9. The van der Waals surface area contributed by atoms with E-state index < -0.39 is 0 Å². The van der Waals surface area contributed by atoms with Crippen LogP contribution in [-0.4, -0.2) is 16.6 Å². The van der Waals surface area contributed by atoms with Crippen LogP contribution in [0.15, 0.2) is 44.7 Å². The summed E-state index contributed by atoms with van der Waals surface area (Å²) in [7, 11) is 0. The summed E-state index contributed by atoms with van der Waals surface area (Å²) in [5.74, 6) is 0.127. The van der Waals surface area contributed by atoms with Crippen molar-refractivity contribution in [3.63, 3.8) is 0 Å². The van der Waals surface area contributed by atoms with Crippen LogP contribution in [0.5, 0.6) is 0 Å². The van der Waals surface area contributed by atoms with Crippen LogP contribution in [-0.2, 0) is 6.42 Å². The molecule has 0 fully saturated rings. The standard InChI is InChI=1S/C26H20ClNO4/c1-5-15-8-17-18(11-20(15)27)24(30)19(23(17)29)9-16-10-21-25(31-16)28-26(32-21)22-13(3)6-12(2)7-14(22)4/h6-11H,5H2,1-4H3/b19-9-. The lowest BCUT2D eigenvalue weighted by Gasteiger charge is -2.07. The summed E-state index contributed by atoms with van der Waals surface area (Å²) in [6, 6.07) is 9.08. The summed E-state index contributed by atoms with van der Waals surface area (Å²) in [6.45, 7) is 8.03. The molecule has 2 heterocycles. The lowest BCUT2D eigenvalue weighted by atomic mass is 10.00. The van der Waals surface area contributed by atoms with Gasteiger partial charge in [-0.2, -0.15) is 4.98 Å². The van der Waals surface area contributed by atoms with Gasteiger partial charge in [0.25, 0.3) is 5.71 Å². The predicted molar refractivity (Wildman–Crippen MR) is 123 cm³/mol. The Labute approximate surface area is 189 Å². The quantitative estimate of drug-likeness (QED) is 0.259. The average molecular weight is 446 g/mol. The number of nitrogens with zero attached hydrogens (tertiary/aromatic N) is 1. The van der Waals surface area contributed by atoms with Crippen molar-refractivity contribution in [1.82, 2.24) is 4.98 Å². The van der Waals surface area contributed by atoms with Crippen molar-refractivity contribution in [3.8, 4) is 11.5 Å². The first-order chi connectivity index (χ1) is 15.3. The normalized spacial score (nSPS) is 14.7. The summed E-state index contributed by atoms with van der Waals surface area (Å²) in [5.41, 5.74) is 6.60. The molecule has 0 unspecified atom stereocenters. The third-order valence-corrected chi connectivity index (χ3v) is 6.18. The van der Waals surface area contributed by atoms with Gasteiger partial charge in [0.1, 0.15) is 5.76 Å². The van der Waals surface area contributed by atoms with Crippen LogP contribution < -0.4 is 0 Å². The molecular formula is C26H20ClNO4. The number of Topliss-reactive ketones (excluding diaryl/α,β-unsaturated/α-hetero) is 2. The van der Waals surface area contributed by atoms with E-state index in [9.17, 15) is 9.59 Å². The van der Waals surface area contributed by atoms with E-state index in [2.05, 4.69) is 17.1 Å². The fourth-order valence-corrected chi connectivity index (χ4v) is 4.68. The first kappa shape index (κ1) is 20.5. The van der Waals surface area contributed by atoms with Gasteiger partial charge in [-0.25, -0.2) is 0 Å². The summed E-state index contributed by atoms with van der Waals surface area (Å²) >= 11 is 6.24. The number of aryl methyl sites for hydroxylation is 4. The summed E-state index contributed by atoms with van der Waals surface area (Å²) in [4.78, 5) is 30.2. The zero-order valence-electron chi connectivity index (χ0n) is 18.1. The molecule has 5 rings (SSSR count). The monoisotopic (exact) mass is 445 g/mol. The van der Waals surface area contributed by atoms with Gasteiger partial charge in [0.05, 0.1) is 5.57 Å². The minimum atomic E-state index is -0.359. The number of rotatable bonds is 3. The Bertz CT molecular complexity index is 1430. The number of hydrogen-bond acceptors (Lipinski definition) is 5. The number of oxazole rings is 1. The van der Waals surface area contributed by atoms with Crippen LogP contribution in [0.1, 0.15) is 55.7 Å². The van der Waals surface area contributed by atoms with Crippen molar-refractivity contribution in [2.75, 3.05) is 0 Å². The Balaban J connectivity index is 1.52. The minimum Gasteiger partial charge on any atom is -0.436 e. The van der Waals surface area contributed by atoms with Gasteiger partial charge < -0.3 is 8.83 Å². The number of fused-ring (bicyclic) bond motifs is 2. The molecule has 0 saturated heterocycles. The predicted octanol–water partition coefficient (Wildman–Crippen LogP) is 6.69. The van der Waals surface area contributed by atoms with Crippen molar-refractivity contribution in [2.45, 2.75) is 34.1 Å². The van der Waals surface area contributed by atoms with E-state index >= 15 is 0 Å². The number of carbonyl (C=O) groups excluding carboxylic acids is 2. The van der Waals surface area contributed by atoms with Crippen molar-refractivity contribution < 1.29 is 18.4 Å². The van der Waals surface area contributed by atoms with E-state index in [0.717, 1.165) is 22.3 Å². The second kappa shape index (κ2) is 7.31. The fourth-order valence-electron chi connectivity index (χ4n) is 4.38. The Hall–Kier alpha value is -3.44. The topological polar surface area (TPSA) is 73.3 Å². The number of ketones is 2. The highest BCUT2D eigenvalue weighted by molar-refractivity contribution is 6.42. The molecule has 32 heavy (non-hydrogen) atoms. The van der Waals surface area contributed by atoms with E-state index in [1.165, 1.54) is 11.6 Å². The number of allylic oxidation sites excluding steroid dienone is 1. The molecule has 2 aromatic heterocycles. The Kier molecular flexibility index (Phi) is 4.68. The number of hydrogen-bond donors (Lipinski definition) is 0. The molecular weight excluding hydrogens is 426 g/mol. The van der Waals surface area contributed by atoms with Crippen LogP contribution in [0.2, 0.25) is 5.02 Å². The SMILES string of the molecule is CCc1cc2c(cc1Cl)C(=O)/C(=C\c1cc3oc(-c4c(C)cc(C)cc4C)nc3o1)C2=O. The maximum absolute atomic E-state index is 12.9. The highest BCUT2D eigenvalue weighted by Gasteiger charge is 2.34. The summed E-state index contributed by atoms with van der Waals surface area (Å²) in [6.07, 6.45) is 2.12. The third kappa shape index (κ3) is 3.12. The second-order valence-corrected chi connectivity index (χ2v) is 8.58. The highest BCUT2D eigenvalue weighted by Crippen LogP contribution is 2.35. The number of halogens is 1. The summed E-state index contributed by atoms with van der Waals surface area (Å²) < 4.78 is 11.7. The van der Waals surface area contributed by atoms with E-state index in [4.69, 9.17) is 20.4 Å². The van der Waals surface area contributed by atoms with E-state index in [0.29, 0.717) is 45.5 Å². The van der Waals surface area contributed by atoms with Crippen LogP contribution in [0.25, 0.3) is 28.8 Å². The Morgan fingerprint density at radius 2 is 1.59 bits per heavy atom. The number of carbonyl (C=O) groups is 2. The van der Waals surface area contributed by atoms with E-state index in [1.54, 1.807) is 18.2 Å². The van der Waals surface area contributed by atoms with Crippen molar-refractivity contribution >= 4 is 40.5 Å². The second-order valence-electron chi connectivity index (χ2n) is 8.17. The van der Waals surface area contributed by atoms with Crippen molar-refractivity contribution in [2.24, 2.45) is 0 Å². The molecule has 5 nitrogen and oxygen atoms in total. The molecule has 4 aromatic rings. The van der Waals surface area contributed by atoms with Gasteiger partial charge in [-0.1, -0.05) is 36.2 Å². The number of furan rings is 1. The molecule has 1 aliphatic carbocycles. The molecule has 6 heteroatoms. The number of benzene rings is 2. The van der Waals surface area contributed by atoms with Gasteiger partial charge >= 0.3 is 0 Å². The van der Waals surface area contributed by atoms with Crippen molar-refractivity contribution in [3.05, 3.63) is 80.1 Å². The minimum absolute atomic E-state index is 0.0474. The molecule has 1 aliphatic rings. The lowest BCUT2D eigenvalue weighted by molar-refractivity contribution is 0.0990. The Morgan fingerprint density at radius 3 is 2.22 bits per heavy atom. The van der Waals surface area contributed by atoms with Gasteiger partial charge in [0, 0.05) is 27.8 Å². The van der Waals surface area contributed by atoms with Crippen molar-refractivity contribution in [1.29, 1.82) is 0 Å². The molecule has 160 valence electrons. The molecule has 0 atom stereocenters. The van der Waals surface area contributed by atoms with E-state index in [-0.39, 0.29) is 17.1 Å². The van der Waals surface area contributed by atoms with Crippen LogP contribution >= 0.6 is 11.6 Å². The van der Waals surface area contributed by atoms with Gasteiger partial charge in [-0.05, 0) is 62.1 Å². The Morgan fingerprint density at radius 1 is 0.938 bits per heavy atom. The van der Waals surface area contributed by atoms with Gasteiger partial charge in [-0.15, -0.1) is 0 Å². The van der Waals surface area contributed by atoms with Gasteiger partial charge in [0.2, 0.25) is 5.89 Å². The first-order valence-corrected chi connectivity index (χ1v) is 10.8. The first-order valence-electron chi connectivity index (χ1n) is 10.4. The van der Waals surface area contributed by atoms with Gasteiger partial charge in [-0.3, -0.25) is 9.59 Å². The van der Waals surface area contributed by atoms with Crippen LogP contribution in [0.4, 0.5) is 0 Å². The molecule has 0 amide bonds. The molecule has 0 aliphatic heterocycles. The summed E-state index contributed by atoms with van der Waals surface area (Å²) in [5, 5.41) is 0.489. The highest BCUT2D eigenvalue weighted by atomic mass is 35.5. The van der Waals surface area contributed by atoms with E-state index in [1.807, 2.05) is 27.7 Å². The molecule has 0 radical (unpaired) electrons. The number of aromatic nitrogens is 1. The largest absolute Gasteiger partial charge is 0.436 e. The fraction of sp³-hybridized carbons (Fsp3) is 0.192. The molecule has 0 bridgehead atoms. The molecule has 2 aromatic carbocycles. The maximum atomic E-state index is 12.9. The molecule has 0 spiro atoms. The maximum Gasteiger partial charge on any atom is 0.266 e.